The van der Waals surface area contributed by atoms with E-state index in [1.807, 2.05) is 0 Å². The Kier molecular flexibility index (Phi) is 4.84. The van der Waals surface area contributed by atoms with Gasteiger partial charge in [0.1, 0.15) is 5.60 Å². The Hall–Kier alpha value is -0.980. The molecule has 7 heteroatoms. The third-order valence-electron chi connectivity index (χ3n) is 2.52. The molecule has 1 heterocycles. The second-order valence-electron chi connectivity index (χ2n) is 5.21. The molecule has 0 aromatic rings. The van der Waals surface area contributed by atoms with Crippen LogP contribution in [0.25, 0.3) is 0 Å². The number of piperazine rings is 1. The van der Waals surface area contributed by atoms with E-state index in [4.69, 9.17) is 4.74 Å². The molecule has 0 bridgehead atoms. The highest BCUT2D eigenvalue weighted by Gasteiger charge is 2.32. The molecule has 1 atom stereocenters. The summed E-state index contributed by atoms with van der Waals surface area (Å²) in [5.41, 5.74) is -0.597. The van der Waals surface area contributed by atoms with Crippen LogP contribution in [0.3, 0.4) is 0 Å². The average Bonchev–Trinajstić information content (AvgIpc) is 2.26. The molecular formula is C11H19F3N2O2. The lowest BCUT2D eigenvalue weighted by Gasteiger charge is -2.36. The monoisotopic (exact) mass is 268 g/mol. The predicted octanol–water partition coefficient (Wildman–Crippen LogP) is 2.10. The molecule has 0 N–H and O–H groups in total. The third-order valence-corrected chi connectivity index (χ3v) is 2.52. The van der Waals surface area contributed by atoms with Crippen LogP contribution in [0, 0.1) is 0 Å². The van der Waals surface area contributed by atoms with E-state index in [1.54, 1.807) is 20.8 Å². The number of halogens is 3. The molecule has 0 saturated carbocycles. The number of nitrogens with zero attached hydrogens (tertiary/aromatic N) is 2. The summed E-state index contributed by atoms with van der Waals surface area (Å²) in [6, 6.07) is 0. The van der Waals surface area contributed by atoms with Gasteiger partial charge in [-0.25, -0.2) is 18.0 Å². The Morgan fingerprint density at radius 2 is 1.61 bits per heavy atom. The van der Waals surface area contributed by atoms with Gasteiger partial charge in [0.2, 0.25) is 6.30 Å². The summed E-state index contributed by atoms with van der Waals surface area (Å²) >= 11 is 0. The maximum Gasteiger partial charge on any atom is 0.410 e. The first-order valence-electron chi connectivity index (χ1n) is 5.85. The van der Waals surface area contributed by atoms with Gasteiger partial charge in [0.15, 0.2) is 0 Å². The molecule has 0 aliphatic carbocycles. The largest absolute Gasteiger partial charge is 0.444 e. The molecular weight excluding hydrogens is 249 g/mol. The maximum atomic E-state index is 13.1. The number of hydrogen-bond acceptors (Lipinski definition) is 3. The van der Waals surface area contributed by atoms with Crippen LogP contribution in [-0.4, -0.2) is 60.4 Å². The molecule has 1 unspecified atom stereocenters. The van der Waals surface area contributed by atoms with Gasteiger partial charge in [0.25, 0.3) is 6.43 Å². The lowest BCUT2D eigenvalue weighted by atomic mass is 10.2. The second-order valence-corrected chi connectivity index (χ2v) is 5.21. The van der Waals surface area contributed by atoms with Crippen molar-refractivity contribution in [3.05, 3.63) is 0 Å². The van der Waals surface area contributed by atoms with Crippen molar-refractivity contribution >= 4 is 6.09 Å². The fraction of sp³-hybridized carbons (Fsp3) is 0.909. The molecule has 18 heavy (non-hydrogen) atoms. The zero-order valence-electron chi connectivity index (χ0n) is 10.8. The summed E-state index contributed by atoms with van der Waals surface area (Å²) < 4.78 is 42.5. The fourth-order valence-corrected chi connectivity index (χ4v) is 1.64. The molecule has 1 aliphatic heterocycles. The van der Waals surface area contributed by atoms with Gasteiger partial charge < -0.3 is 9.64 Å². The SMILES string of the molecule is CC(C)(C)OC(=O)N1CCN(C(F)C(F)F)CC1. The first-order chi connectivity index (χ1) is 8.20. The quantitative estimate of drug-likeness (QED) is 0.719. The van der Waals surface area contributed by atoms with Gasteiger partial charge in [-0.2, -0.15) is 0 Å². The van der Waals surface area contributed by atoms with Gasteiger partial charge in [-0.3, -0.25) is 4.90 Å². The lowest BCUT2D eigenvalue weighted by molar-refractivity contribution is -0.0666. The van der Waals surface area contributed by atoms with Crippen molar-refractivity contribution in [2.24, 2.45) is 0 Å². The summed E-state index contributed by atoms with van der Waals surface area (Å²) in [4.78, 5) is 14.1. The van der Waals surface area contributed by atoms with Crippen molar-refractivity contribution in [1.29, 1.82) is 0 Å². The predicted molar refractivity (Wildman–Crippen MR) is 60.3 cm³/mol. The number of rotatable bonds is 2. The summed E-state index contributed by atoms with van der Waals surface area (Å²) in [5.74, 6) is 0. The van der Waals surface area contributed by atoms with Crippen LogP contribution in [0.2, 0.25) is 0 Å². The van der Waals surface area contributed by atoms with Gasteiger partial charge >= 0.3 is 6.09 Å². The molecule has 0 aromatic heterocycles. The minimum atomic E-state index is -3.02. The summed E-state index contributed by atoms with van der Waals surface area (Å²) in [6.45, 7) is 5.81. The molecule has 0 aromatic carbocycles. The zero-order valence-corrected chi connectivity index (χ0v) is 10.8. The first kappa shape index (κ1) is 15.1. The van der Waals surface area contributed by atoms with E-state index in [-0.39, 0.29) is 26.2 Å². The van der Waals surface area contributed by atoms with Crippen LogP contribution < -0.4 is 0 Å². The number of carbonyl (C=O) groups excluding carboxylic acids is 1. The molecule has 1 amide bonds. The Morgan fingerprint density at radius 3 is 2.00 bits per heavy atom. The van der Waals surface area contributed by atoms with Crippen molar-refractivity contribution in [2.45, 2.75) is 39.1 Å². The van der Waals surface area contributed by atoms with Crippen LogP contribution in [-0.2, 0) is 4.74 Å². The maximum absolute atomic E-state index is 13.1. The first-order valence-corrected chi connectivity index (χ1v) is 5.85. The normalized spacial score (nSPS) is 20.1. The number of carbonyl (C=O) groups is 1. The molecule has 1 saturated heterocycles. The molecule has 1 rings (SSSR count). The highest BCUT2D eigenvalue weighted by Crippen LogP contribution is 2.16. The summed E-state index contributed by atoms with van der Waals surface area (Å²) in [6.07, 6.45) is -5.77. The Labute approximate surface area is 105 Å². The minimum absolute atomic E-state index is 0.0880. The van der Waals surface area contributed by atoms with Gasteiger partial charge in [-0.05, 0) is 20.8 Å². The highest BCUT2D eigenvalue weighted by atomic mass is 19.3. The van der Waals surface area contributed by atoms with Gasteiger partial charge in [0, 0.05) is 26.2 Å². The van der Waals surface area contributed by atoms with Crippen molar-refractivity contribution in [2.75, 3.05) is 26.2 Å². The topological polar surface area (TPSA) is 32.8 Å². The molecule has 0 spiro atoms. The van der Waals surface area contributed by atoms with Gasteiger partial charge in [-0.15, -0.1) is 0 Å². The van der Waals surface area contributed by atoms with E-state index in [2.05, 4.69) is 0 Å². The van der Waals surface area contributed by atoms with E-state index in [1.165, 1.54) is 4.90 Å². The van der Waals surface area contributed by atoms with Crippen molar-refractivity contribution in [1.82, 2.24) is 9.80 Å². The van der Waals surface area contributed by atoms with Crippen LogP contribution in [0.5, 0.6) is 0 Å². The minimum Gasteiger partial charge on any atom is -0.444 e. The van der Waals surface area contributed by atoms with Crippen molar-refractivity contribution in [3.8, 4) is 0 Å². The van der Waals surface area contributed by atoms with Crippen LogP contribution in [0.15, 0.2) is 0 Å². The van der Waals surface area contributed by atoms with E-state index in [9.17, 15) is 18.0 Å². The van der Waals surface area contributed by atoms with Gasteiger partial charge in [0.05, 0.1) is 0 Å². The van der Waals surface area contributed by atoms with E-state index in [0.717, 1.165) is 4.90 Å². The summed E-state index contributed by atoms with van der Waals surface area (Å²) in [5, 5.41) is 0. The molecule has 4 nitrogen and oxygen atoms in total. The fourth-order valence-electron chi connectivity index (χ4n) is 1.64. The van der Waals surface area contributed by atoms with E-state index < -0.39 is 24.4 Å². The third kappa shape index (κ3) is 4.36. The number of amides is 1. The smallest absolute Gasteiger partial charge is 0.410 e. The molecule has 1 aliphatic rings. The van der Waals surface area contributed by atoms with Crippen LogP contribution in [0.4, 0.5) is 18.0 Å². The number of hydrogen-bond donors (Lipinski definition) is 0. The van der Waals surface area contributed by atoms with E-state index in [0.29, 0.717) is 0 Å². The van der Waals surface area contributed by atoms with E-state index >= 15 is 0 Å². The number of alkyl halides is 3. The Balaban J connectivity index is 2.42. The molecule has 106 valence electrons. The standard InChI is InChI=1S/C11H19F3N2O2/c1-11(2,3)18-10(17)16-6-4-15(5-7-16)9(14)8(12)13/h8-9H,4-7H2,1-3H3. The van der Waals surface area contributed by atoms with Crippen LogP contribution >= 0.6 is 0 Å². The zero-order chi connectivity index (χ0) is 13.9. The second kappa shape index (κ2) is 5.77. The lowest BCUT2D eigenvalue weighted by Crippen LogP contribution is -2.53. The Morgan fingerprint density at radius 1 is 1.11 bits per heavy atom. The van der Waals surface area contributed by atoms with Gasteiger partial charge in [-0.1, -0.05) is 0 Å². The van der Waals surface area contributed by atoms with Crippen molar-refractivity contribution < 1.29 is 22.7 Å². The van der Waals surface area contributed by atoms with Crippen LogP contribution in [0.1, 0.15) is 20.8 Å². The molecule has 0 radical (unpaired) electrons. The number of ether oxygens (including phenoxy) is 1. The average molecular weight is 268 g/mol. The van der Waals surface area contributed by atoms with Crippen molar-refractivity contribution in [3.63, 3.8) is 0 Å². The summed E-state index contributed by atoms with van der Waals surface area (Å²) in [7, 11) is 0. The Bertz CT molecular complexity index is 287. The highest BCUT2D eigenvalue weighted by molar-refractivity contribution is 5.68. The molecule has 1 fully saturated rings.